The van der Waals surface area contributed by atoms with Crippen molar-refractivity contribution in [3.8, 4) is 11.3 Å². The van der Waals surface area contributed by atoms with Gasteiger partial charge in [0.1, 0.15) is 24.1 Å². The largest absolute Gasteiger partial charge is 0.498 e. The second kappa shape index (κ2) is 23.7. The van der Waals surface area contributed by atoms with Crippen LogP contribution in [0.15, 0.2) is 70.3 Å². The van der Waals surface area contributed by atoms with Gasteiger partial charge in [-0.2, -0.15) is 10.2 Å². The molecule has 4 aliphatic heterocycles. The molecule has 0 radical (unpaired) electrons. The number of aromatic nitrogens is 8. The van der Waals surface area contributed by atoms with E-state index in [9.17, 15) is 14.4 Å². The number of fused-ring (bicyclic) bond motifs is 1. The van der Waals surface area contributed by atoms with Crippen LogP contribution >= 0.6 is 31.9 Å². The predicted molar refractivity (Wildman–Crippen MR) is 289 cm³/mol. The van der Waals surface area contributed by atoms with Crippen molar-refractivity contribution < 1.29 is 57.6 Å². The van der Waals surface area contributed by atoms with E-state index in [0.29, 0.717) is 5.95 Å². The molecule has 0 atom stereocenters. The first kappa shape index (κ1) is 59.6. The number of alkyl halides is 1. The Kier molecular flexibility index (Phi) is 19.1. The Balaban J connectivity index is 0.000000178. The molecule has 74 heavy (non-hydrogen) atoms. The van der Waals surface area contributed by atoms with E-state index in [-0.39, 0.29) is 36.7 Å². The zero-order chi connectivity index (χ0) is 55.2. The fraction of sp³-hybridized carbons (Fsp3) is 0.511. The highest BCUT2D eigenvalue weighted by Crippen LogP contribution is 2.39. The number of nitrogens with zero attached hydrogens (tertiary/aromatic N) is 8. The first-order valence-electron chi connectivity index (χ1n) is 23.6. The van der Waals surface area contributed by atoms with Gasteiger partial charge in [-0.25, -0.2) is 15.0 Å². The highest BCUT2D eigenvalue weighted by molar-refractivity contribution is 9.10. The quantitative estimate of drug-likeness (QED) is 0.0845. The van der Waals surface area contributed by atoms with Crippen LogP contribution in [0.3, 0.4) is 0 Å². The van der Waals surface area contributed by atoms with E-state index in [0.717, 1.165) is 61.8 Å². The summed E-state index contributed by atoms with van der Waals surface area (Å²) < 4.78 is 38.7. The number of H-pyrrole nitrogens is 1. The number of anilines is 1. The van der Waals surface area contributed by atoms with E-state index in [1.807, 2.05) is 92.9 Å². The van der Waals surface area contributed by atoms with E-state index in [1.165, 1.54) is 9.36 Å². The van der Waals surface area contributed by atoms with Crippen LogP contribution in [0.5, 0.6) is 0 Å². The molecule has 22 nitrogen and oxygen atoms in total. The highest BCUT2D eigenvalue weighted by atomic mass is 79.9. The molecule has 4 aliphatic rings. The Morgan fingerprint density at radius 1 is 0.703 bits per heavy atom. The predicted octanol–water partition coefficient (Wildman–Crippen LogP) is 5.56. The SMILES string of the molecule is CC1(C)OB(C2=CCN=C2)OC1(C)C.CC1(C)OB(c2cnn(CC(=O)O)c2)OC1(C)C.CC1(C)OB(c2cnn(CC(=O)O)c2)OC1(C)C.CCc1cc(-c2c[nH]c3ncc(Br)cc23)nc(N)n1.O=C(O)CBr. The molecule has 3 fully saturated rings. The van der Waals surface area contributed by atoms with Crippen molar-refractivity contribution >= 4 is 105 Å². The first-order valence-corrected chi connectivity index (χ1v) is 25.5. The van der Waals surface area contributed by atoms with Crippen molar-refractivity contribution in [2.24, 2.45) is 4.99 Å². The number of carboxylic acid groups (broad SMARTS) is 3. The van der Waals surface area contributed by atoms with Gasteiger partial charge in [-0.1, -0.05) is 28.9 Å². The number of carboxylic acids is 3. The fourth-order valence-corrected chi connectivity index (χ4v) is 7.27. The molecule has 0 saturated carbocycles. The number of halogens is 2. The molecule has 5 aromatic rings. The van der Waals surface area contributed by atoms with E-state index >= 15 is 0 Å². The molecule has 5 aromatic heterocycles. The maximum absolute atomic E-state index is 10.6. The minimum atomic E-state index is -0.932. The van der Waals surface area contributed by atoms with Crippen LogP contribution in [0, 0.1) is 0 Å². The van der Waals surface area contributed by atoms with E-state index in [4.69, 9.17) is 49.0 Å². The van der Waals surface area contributed by atoms with Crippen LogP contribution in [0.25, 0.3) is 22.3 Å². The number of nitrogen functional groups attached to an aromatic ring is 1. The molecule has 0 amide bonds. The molecule has 3 saturated heterocycles. The highest BCUT2D eigenvalue weighted by Gasteiger charge is 2.54. The van der Waals surface area contributed by atoms with Crippen molar-refractivity contribution in [3.63, 3.8) is 0 Å². The molecule has 0 spiro atoms. The molecule has 9 rings (SSSR count). The van der Waals surface area contributed by atoms with Crippen molar-refractivity contribution in [3.05, 3.63) is 71.0 Å². The van der Waals surface area contributed by atoms with Crippen molar-refractivity contribution in [1.82, 2.24) is 39.5 Å². The van der Waals surface area contributed by atoms with Gasteiger partial charge >= 0.3 is 39.3 Å². The van der Waals surface area contributed by atoms with E-state index in [2.05, 4.69) is 94.7 Å². The topological polar surface area (TPSA) is 296 Å². The minimum absolute atomic E-state index is 0.0347. The number of aliphatic imine (C=N–C) groups is 1. The van der Waals surface area contributed by atoms with Gasteiger partial charge in [0.15, 0.2) is 0 Å². The molecule has 398 valence electrons. The number of carbonyl (C=O) groups is 3. The summed E-state index contributed by atoms with van der Waals surface area (Å²) in [6.07, 6.45) is 14.8. The monoisotopic (exact) mass is 1150 g/mol. The van der Waals surface area contributed by atoms with Gasteiger partial charge < -0.3 is 54.0 Å². The summed E-state index contributed by atoms with van der Waals surface area (Å²) in [5.41, 5.74) is 9.67. The number of rotatable bonds is 10. The molecule has 0 aromatic carbocycles. The Hall–Kier alpha value is -5.28. The summed E-state index contributed by atoms with van der Waals surface area (Å²) in [4.78, 5) is 50.6. The molecule has 9 heterocycles. The Morgan fingerprint density at radius 2 is 1.15 bits per heavy atom. The third kappa shape index (κ3) is 15.0. The molecular weight excluding hydrogens is 1090 g/mol. The molecule has 0 unspecified atom stereocenters. The number of aromatic amines is 1. The van der Waals surface area contributed by atoms with Gasteiger partial charge in [-0.3, -0.25) is 28.7 Å². The second-order valence-electron chi connectivity index (χ2n) is 20.4. The summed E-state index contributed by atoms with van der Waals surface area (Å²) in [5.74, 6) is -2.39. The standard InChI is InChI=1S/C13H12BrN5.2C11H17BN2O4.C10H16BNO2.C2H3BrO2/c1-2-8-4-11(19-13(15)18-8)10-6-17-12-9(10)3-7(14)5-16-12;2*1-10(2)11(3,4)18-12(17-10)8-5-13-14(6-8)7-9(15)16;1-9(2)10(3,4)14-11(13-9)8-5-6-12-7-8;3-1-2(4)5/h3-6H,2H2,1H3,(H,16,17)(H2,15,18,19);2*5-6H,7H2,1-4H3,(H,15,16);5,7H,6H2,1-4H3;1H2,(H,4,5). The summed E-state index contributed by atoms with van der Waals surface area (Å²) in [6, 6.07) is 3.97. The van der Waals surface area contributed by atoms with Gasteiger partial charge in [0.25, 0.3) is 0 Å². The van der Waals surface area contributed by atoms with E-state index < -0.39 is 54.5 Å². The average molecular weight is 1150 g/mol. The van der Waals surface area contributed by atoms with Crippen molar-refractivity contribution in [2.45, 2.75) is 143 Å². The molecule has 27 heteroatoms. The van der Waals surface area contributed by atoms with Gasteiger partial charge in [0.2, 0.25) is 5.95 Å². The van der Waals surface area contributed by atoms with Gasteiger partial charge in [0, 0.05) is 75.4 Å². The molecular formula is C47H65B3Br2N10O12. The third-order valence-electron chi connectivity index (χ3n) is 13.2. The van der Waals surface area contributed by atoms with Crippen LogP contribution in [0.2, 0.25) is 0 Å². The zero-order valence-electron chi connectivity index (χ0n) is 44.0. The van der Waals surface area contributed by atoms with Gasteiger partial charge in [-0.15, -0.1) is 0 Å². The van der Waals surface area contributed by atoms with Crippen LogP contribution in [-0.4, -0.2) is 146 Å². The molecule has 0 bridgehead atoms. The van der Waals surface area contributed by atoms with Crippen LogP contribution in [0.1, 0.15) is 95.7 Å². The van der Waals surface area contributed by atoms with Gasteiger partial charge in [0.05, 0.1) is 45.8 Å². The van der Waals surface area contributed by atoms with Crippen molar-refractivity contribution in [2.75, 3.05) is 17.6 Å². The number of nitrogens with two attached hydrogens (primary N) is 1. The summed E-state index contributed by atoms with van der Waals surface area (Å²) in [5, 5.41) is 34.0. The summed E-state index contributed by atoms with van der Waals surface area (Å²) in [6.45, 7) is 26.4. The van der Waals surface area contributed by atoms with Gasteiger partial charge in [-0.05, 0) is 123 Å². The lowest BCUT2D eigenvalue weighted by atomic mass is 9.79. The van der Waals surface area contributed by atoms with Crippen LogP contribution < -0.4 is 16.7 Å². The minimum Gasteiger partial charge on any atom is -0.481 e. The maximum atomic E-state index is 10.6. The Labute approximate surface area is 448 Å². The number of pyridine rings is 1. The number of allylic oxidation sites excluding steroid dienone is 1. The van der Waals surface area contributed by atoms with E-state index in [1.54, 1.807) is 31.0 Å². The fourth-order valence-electron chi connectivity index (χ4n) is 6.94. The second-order valence-corrected chi connectivity index (χ2v) is 21.9. The molecule has 0 aliphatic carbocycles. The smallest absolute Gasteiger partial charge is 0.481 e. The first-order chi connectivity index (χ1) is 34.3. The Bertz CT molecular complexity index is 2720. The normalized spacial score (nSPS) is 19.0. The number of nitrogens with one attached hydrogen (secondary N) is 1. The van der Waals surface area contributed by atoms with Crippen LogP contribution in [-0.2, 0) is 61.8 Å². The lowest BCUT2D eigenvalue weighted by Crippen LogP contribution is -2.41. The number of aliphatic carboxylic acids is 3. The third-order valence-corrected chi connectivity index (χ3v) is 14.1. The zero-order valence-corrected chi connectivity index (χ0v) is 47.1. The summed E-state index contributed by atoms with van der Waals surface area (Å²) in [7, 11) is -1.25. The lowest BCUT2D eigenvalue weighted by molar-refractivity contribution is -0.138. The number of aryl methyl sites for hydroxylation is 1. The average Bonchev–Trinajstić information content (AvgIpc) is 4.17. The number of hydrogen-bond acceptors (Lipinski definition) is 16. The maximum Gasteiger partial charge on any atom is 0.498 e. The lowest BCUT2D eigenvalue weighted by Gasteiger charge is -2.32. The van der Waals surface area contributed by atoms with Crippen LogP contribution in [0.4, 0.5) is 5.95 Å². The molecule has 6 N–H and O–H groups in total. The Morgan fingerprint density at radius 3 is 1.54 bits per heavy atom. The number of hydrogen-bond donors (Lipinski definition) is 5. The summed E-state index contributed by atoms with van der Waals surface area (Å²) >= 11 is 6.15. The van der Waals surface area contributed by atoms with Crippen molar-refractivity contribution in [1.29, 1.82) is 0 Å².